The van der Waals surface area contributed by atoms with Gasteiger partial charge in [0.15, 0.2) is 5.11 Å². The molecule has 0 spiro atoms. The van der Waals surface area contributed by atoms with E-state index in [0.29, 0.717) is 0 Å². The molecule has 0 saturated carbocycles. The Morgan fingerprint density at radius 1 is 1.12 bits per heavy atom. The average Bonchev–Trinajstić information content (AvgIpc) is 2.78. The van der Waals surface area contributed by atoms with E-state index in [1.54, 1.807) is 0 Å². The maximum absolute atomic E-state index is 5.18. The molecule has 0 aliphatic carbocycles. The predicted octanol–water partition coefficient (Wildman–Crippen LogP) is 1.74. The van der Waals surface area contributed by atoms with Gasteiger partial charge in [-0.25, -0.2) is 0 Å². The Labute approximate surface area is 105 Å². The highest BCUT2D eigenvalue weighted by molar-refractivity contribution is 7.80. The third-order valence-corrected chi connectivity index (χ3v) is 3.24. The van der Waals surface area contributed by atoms with Gasteiger partial charge in [0.25, 0.3) is 0 Å². The molecule has 3 nitrogen and oxygen atoms in total. The highest BCUT2D eigenvalue weighted by atomic mass is 32.1. The van der Waals surface area contributed by atoms with Gasteiger partial charge in [-0.2, -0.15) is 0 Å². The molecule has 1 saturated heterocycles. The van der Waals surface area contributed by atoms with Gasteiger partial charge in [0.05, 0.1) is 0 Å². The summed E-state index contributed by atoms with van der Waals surface area (Å²) in [5, 5.41) is 7.29. The first-order valence-electron chi connectivity index (χ1n) is 6.57. The van der Waals surface area contributed by atoms with Crippen LogP contribution in [0.5, 0.6) is 0 Å². The van der Waals surface area contributed by atoms with Crippen molar-refractivity contribution >= 4 is 17.3 Å². The molecule has 2 N–H and O–H groups in total. The van der Waals surface area contributed by atoms with Crippen LogP contribution >= 0.6 is 12.2 Å². The Kier molecular flexibility index (Phi) is 7.51. The van der Waals surface area contributed by atoms with Gasteiger partial charge in [0, 0.05) is 13.1 Å². The van der Waals surface area contributed by atoms with Crippen LogP contribution in [-0.4, -0.2) is 42.7 Å². The van der Waals surface area contributed by atoms with Gasteiger partial charge >= 0.3 is 0 Å². The molecule has 1 aliphatic heterocycles. The van der Waals surface area contributed by atoms with Crippen molar-refractivity contribution in [2.45, 2.75) is 39.0 Å². The minimum Gasteiger partial charge on any atom is -0.363 e. The second-order valence-corrected chi connectivity index (χ2v) is 4.85. The zero-order valence-electron chi connectivity index (χ0n) is 10.4. The van der Waals surface area contributed by atoms with Gasteiger partial charge < -0.3 is 15.5 Å². The topological polar surface area (TPSA) is 27.3 Å². The van der Waals surface area contributed by atoms with Crippen LogP contribution in [0.3, 0.4) is 0 Å². The van der Waals surface area contributed by atoms with Crippen molar-refractivity contribution in [1.82, 2.24) is 15.5 Å². The molecule has 1 fully saturated rings. The number of hydrogen-bond donors (Lipinski definition) is 2. The minimum atomic E-state index is 0.815. The monoisotopic (exact) mass is 243 g/mol. The van der Waals surface area contributed by atoms with E-state index < -0.39 is 0 Å². The first kappa shape index (κ1) is 13.7. The molecule has 0 aromatic carbocycles. The van der Waals surface area contributed by atoms with Crippen molar-refractivity contribution in [2.75, 3.05) is 32.7 Å². The van der Waals surface area contributed by atoms with Gasteiger partial charge in [-0.3, -0.25) is 0 Å². The maximum atomic E-state index is 5.18. The standard InChI is InChI=1S/C12H25N3S/c1-2-3-7-13-12(16)14-8-6-11-15-9-4-5-10-15/h2-11H2,1H3,(H2,13,14,16). The van der Waals surface area contributed by atoms with E-state index in [1.807, 2.05) is 0 Å². The number of unbranched alkanes of at least 4 members (excludes halogenated alkanes) is 1. The molecule has 0 radical (unpaired) electrons. The second kappa shape index (κ2) is 8.76. The Hall–Kier alpha value is -0.350. The van der Waals surface area contributed by atoms with Crippen molar-refractivity contribution in [1.29, 1.82) is 0 Å². The summed E-state index contributed by atoms with van der Waals surface area (Å²) in [4.78, 5) is 2.54. The molecule has 94 valence electrons. The van der Waals surface area contributed by atoms with E-state index in [0.717, 1.165) is 18.2 Å². The van der Waals surface area contributed by atoms with Gasteiger partial charge in [-0.05, 0) is 57.5 Å². The van der Waals surface area contributed by atoms with Crippen LogP contribution in [0.2, 0.25) is 0 Å². The molecule has 0 aromatic rings. The average molecular weight is 243 g/mol. The lowest BCUT2D eigenvalue weighted by atomic mass is 10.3. The molecule has 0 aromatic heterocycles. The number of rotatable bonds is 7. The summed E-state index contributed by atoms with van der Waals surface area (Å²) in [5.74, 6) is 0. The summed E-state index contributed by atoms with van der Waals surface area (Å²) in [6.07, 6.45) is 6.35. The minimum absolute atomic E-state index is 0.815. The predicted molar refractivity (Wildman–Crippen MR) is 73.8 cm³/mol. The Balaban J connectivity index is 1.87. The lowest BCUT2D eigenvalue weighted by Crippen LogP contribution is -2.37. The fraction of sp³-hybridized carbons (Fsp3) is 0.917. The second-order valence-electron chi connectivity index (χ2n) is 4.44. The van der Waals surface area contributed by atoms with Crippen LogP contribution in [0.15, 0.2) is 0 Å². The fourth-order valence-electron chi connectivity index (χ4n) is 1.95. The van der Waals surface area contributed by atoms with Crippen molar-refractivity contribution in [3.8, 4) is 0 Å². The van der Waals surface area contributed by atoms with Gasteiger partial charge in [-0.15, -0.1) is 0 Å². The summed E-state index contributed by atoms with van der Waals surface area (Å²) in [5.41, 5.74) is 0. The largest absolute Gasteiger partial charge is 0.363 e. The van der Waals surface area contributed by atoms with Crippen LogP contribution in [0.1, 0.15) is 39.0 Å². The van der Waals surface area contributed by atoms with Crippen LogP contribution in [0, 0.1) is 0 Å². The van der Waals surface area contributed by atoms with Gasteiger partial charge in [-0.1, -0.05) is 13.3 Å². The summed E-state index contributed by atoms with van der Waals surface area (Å²) in [7, 11) is 0. The van der Waals surface area contributed by atoms with Crippen LogP contribution in [0.4, 0.5) is 0 Å². The van der Waals surface area contributed by atoms with Gasteiger partial charge in [0.1, 0.15) is 0 Å². The van der Waals surface area contributed by atoms with Crippen molar-refractivity contribution < 1.29 is 0 Å². The quantitative estimate of drug-likeness (QED) is 0.526. The molecule has 1 heterocycles. The van der Waals surface area contributed by atoms with E-state index in [4.69, 9.17) is 12.2 Å². The summed E-state index contributed by atoms with van der Waals surface area (Å²) >= 11 is 5.18. The van der Waals surface area contributed by atoms with E-state index in [2.05, 4.69) is 22.5 Å². The highest BCUT2D eigenvalue weighted by Gasteiger charge is 2.09. The number of thiocarbonyl (C=S) groups is 1. The lowest BCUT2D eigenvalue weighted by Gasteiger charge is -2.15. The summed E-state index contributed by atoms with van der Waals surface area (Å²) in [6.45, 7) is 7.97. The lowest BCUT2D eigenvalue weighted by molar-refractivity contribution is 0.334. The molecule has 16 heavy (non-hydrogen) atoms. The van der Waals surface area contributed by atoms with Gasteiger partial charge in [0.2, 0.25) is 0 Å². The van der Waals surface area contributed by atoms with Crippen molar-refractivity contribution in [2.24, 2.45) is 0 Å². The zero-order valence-corrected chi connectivity index (χ0v) is 11.2. The first-order valence-corrected chi connectivity index (χ1v) is 6.98. The van der Waals surface area contributed by atoms with Crippen molar-refractivity contribution in [3.63, 3.8) is 0 Å². The van der Waals surface area contributed by atoms with Crippen molar-refractivity contribution in [3.05, 3.63) is 0 Å². The smallest absolute Gasteiger partial charge is 0.166 e. The van der Waals surface area contributed by atoms with Crippen LogP contribution in [-0.2, 0) is 0 Å². The van der Waals surface area contributed by atoms with Crippen LogP contribution in [0.25, 0.3) is 0 Å². The number of hydrogen-bond acceptors (Lipinski definition) is 2. The maximum Gasteiger partial charge on any atom is 0.166 e. The molecule has 0 amide bonds. The summed E-state index contributed by atoms with van der Waals surface area (Å²) in [6, 6.07) is 0. The van der Waals surface area contributed by atoms with E-state index in [1.165, 1.54) is 51.7 Å². The Morgan fingerprint density at radius 3 is 2.38 bits per heavy atom. The molecule has 1 rings (SSSR count). The molecule has 0 atom stereocenters. The summed E-state index contributed by atoms with van der Waals surface area (Å²) < 4.78 is 0. The van der Waals surface area contributed by atoms with Crippen LogP contribution < -0.4 is 10.6 Å². The van der Waals surface area contributed by atoms with E-state index in [9.17, 15) is 0 Å². The Bertz CT molecular complexity index is 191. The Morgan fingerprint density at radius 2 is 1.75 bits per heavy atom. The first-order chi connectivity index (χ1) is 7.83. The van der Waals surface area contributed by atoms with E-state index in [-0.39, 0.29) is 0 Å². The normalized spacial score (nSPS) is 16.3. The number of nitrogens with one attached hydrogen (secondary N) is 2. The molecular weight excluding hydrogens is 218 g/mol. The third kappa shape index (κ3) is 6.28. The number of nitrogens with zero attached hydrogens (tertiary/aromatic N) is 1. The van der Waals surface area contributed by atoms with E-state index >= 15 is 0 Å². The molecular formula is C12H25N3S. The third-order valence-electron chi connectivity index (χ3n) is 2.95. The number of likely N-dealkylation sites (tertiary alicyclic amines) is 1. The molecule has 1 aliphatic rings. The fourth-order valence-corrected chi connectivity index (χ4v) is 2.16. The highest BCUT2D eigenvalue weighted by Crippen LogP contribution is 2.06. The SMILES string of the molecule is CCCCNC(=S)NCCCN1CCCC1. The molecule has 0 unspecified atom stereocenters. The zero-order chi connectivity index (χ0) is 11.6. The molecule has 4 heteroatoms. The molecule has 0 bridgehead atoms.